The summed E-state index contributed by atoms with van der Waals surface area (Å²) in [7, 11) is 0. The molecular formula is C17H20N2O4. The van der Waals surface area contributed by atoms with E-state index in [4.69, 9.17) is 0 Å². The maximum Gasteiger partial charge on any atom is 0.326 e. The Morgan fingerprint density at radius 3 is 2.57 bits per heavy atom. The lowest BCUT2D eigenvalue weighted by molar-refractivity contribution is -0.142. The van der Waals surface area contributed by atoms with Crippen molar-refractivity contribution in [1.82, 2.24) is 9.88 Å². The molecule has 0 saturated carbocycles. The Balaban J connectivity index is 2.19. The molecule has 2 N–H and O–H groups in total. The van der Waals surface area contributed by atoms with Crippen LogP contribution in [0.5, 0.6) is 0 Å². The summed E-state index contributed by atoms with van der Waals surface area (Å²) in [5, 5.41) is 12.2. The molecule has 0 aliphatic carbocycles. The van der Waals surface area contributed by atoms with Crippen LogP contribution in [-0.2, 0) is 16.1 Å². The molecule has 1 aromatic carbocycles. The van der Waals surface area contributed by atoms with Gasteiger partial charge in [0.05, 0.1) is 5.52 Å². The summed E-state index contributed by atoms with van der Waals surface area (Å²) in [5.41, 5.74) is 0.534. The first-order valence-corrected chi connectivity index (χ1v) is 7.49. The van der Waals surface area contributed by atoms with Gasteiger partial charge in [-0.15, -0.1) is 0 Å². The summed E-state index contributed by atoms with van der Waals surface area (Å²) in [6.45, 7) is 3.76. The number of hydrogen-bond donors (Lipinski definition) is 2. The number of carboxylic acids is 1. The number of nitrogens with one attached hydrogen (secondary N) is 1. The highest BCUT2D eigenvalue weighted by atomic mass is 16.4. The van der Waals surface area contributed by atoms with E-state index in [9.17, 15) is 19.5 Å². The summed E-state index contributed by atoms with van der Waals surface area (Å²) in [4.78, 5) is 35.2. The molecule has 6 nitrogen and oxygen atoms in total. The van der Waals surface area contributed by atoms with Crippen molar-refractivity contribution in [2.24, 2.45) is 5.92 Å². The van der Waals surface area contributed by atoms with Gasteiger partial charge in [-0.3, -0.25) is 9.59 Å². The van der Waals surface area contributed by atoms with E-state index in [1.54, 1.807) is 35.0 Å². The molecule has 0 fully saturated rings. The second-order valence-electron chi connectivity index (χ2n) is 5.91. The minimum absolute atomic E-state index is 0.0390. The Morgan fingerprint density at radius 2 is 1.91 bits per heavy atom. The molecule has 0 aliphatic heterocycles. The van der Waals surface area contributed by atoms with Gasteiger partial charge in [-0.05, 0) is 24.5 Å². The molecule has 0 spiro atoms. The Labute approximate surface area is 133 Å². The Morgan fingerprint density at radius 1 is 1.22 bits per heavy atom. The maximum atomic E-state index is 12.2. The van der Waals surface area contributed by atoms with Gasteiger partial charge < -0.3 is 15.0 Å². The topological polar surface area (TPSA) is 88.4 Å². The number of hydrogen-bond acceptors (Lipinski definition) is 3. The number of pyridine rings is 1. The van der Waals surface area contributed by atoms with Crippen LogP contribution in [0.1, 0.15) is 20.3 Å². The predicted octanol–water partition coefficient (Wildman–Crippen LogP) is 1.62. The fraction of sp³-hybridized carbons (Fsp3) is 0.353. The molecule has 122 valence electrons. The average molecular weight is 316 g/mol. The van der Waals surface area contributed by atoms with Gasteiger partial charge in [-0.25, -0.2) is 4.79 Å². The molecule has 0 radical (unpaired) electrons. The third-order valence-electron chi connectivity index (χ3n) is 3.54. The van der Waals surface area contributed by atoms with Crippen LogP contribution in [0.3, 0.4) is 0 Å². The lowest BCUT2D eigenvalue weighted by Crippen LogP contribution is -2.43. The molecular weight excluding hydrogens is 296 g/mol. The van der Waals surface area contributed by atoms with E-state index in [0.29, 0.717) is 17.3 Å². The SMILES string of the molecule is CC(C)C[C@H](NC(=O)Cn1ccc(=O)c2ccccc21)C(=O)O. The number of para-hydroxylation sites is 1. The summed E-state index contributed by atoms with van der Waals surface area (Å²) < 4.78 is 1.64. The predicted molar refractivity (Wildman–Crippen MR) is 87.2 cm³/mol. The number of amides is 1. The van der Waals surface area contributed by atoms with Crippen LogP contribution < -0.4 is 10.7 Å². The third kappa shape index (κ3) is 4.18. The number of fused-ring (bicyclic) bond motifs is 1. The quantitative estimate of drug-likeness (QED) is 0.847. The number of benzene rings is 1. The van der Waals surface area contributed by atoms with Gasteiger partial charge in [0.1, 0.15) is 12.6 Å². The molecule has 0 aliphatic rings. The summed E-state index contributed by atoms with van der Waals surface area (Å²) in [5.74, 6) is -1.28. The zero-order valence-corrected chi connectivity index (χ0v) is 13.2. The fourth-order valence-corrected chi connectivity index (χ4v) is 2.49. The van der Waals surface area contributed by atoms with Crippen molar-refractivity contribution in [3.63, 3.8) is 0 Å². The summed E-state index contributed by atoms with van der Waals surface area (Å²) in [6, 6.07) is 7.50. The molecule has 0 unspecified atom stereocenters. The van der Waals surface area contributed by atoms with Crippen molar-refractivity contribution in [3.8, 4) is 0 Å². The first-order valence-electron chi connectivity index (χ1n) is 7.49. The summed E-state index contributed by atoms with van der Waals surface area (Å²) in [6.07, 6.45) is 1.91. The Hall–Kier alpha value is -2.63. The van der Waals surface area contributed by atoms with Crippen LogP contribution in [0.4, 0.5) is 0 Å². The average Bonchev–Trinajstić information content (AvgIpc) is 2.49. The van der Waals surface area contributed by atoms with Crippen molar-refractivity contribution in [2.45, 2.75) is 32.9 Å². The number of nitrogens with zero attached hydrogens (tertiary/aromatic N) is 1. The van der Waals surface area contributed by atoms with Crippen molar-refractivity contribution in [1.29, 1.82) is 0 Å². The minimum atomic E-state index is -1.04. The lowest BCUT2D eigenvalue weighted by Gasteiger charge is -2.17. The largest absolute Gasteiger partial charge is 0.480 e. The third-order valence-corrected chi connectivity index (χ3v) is 3.54. The van der Waals surface area contributed by atoms with Gasteiger partial charge >= 0.3 is 5.97 Å². The van der Waals surface area contributed by atoms with Gasteiger partial charge in [-0.2, -0.15) is 0 Å². The molecule has 6 heteroatoms. The van der Waals surface area contributed by atoms with E-state index < -0.39 is 17.9 Å². The van der Waals surface area contributed by atoms with E-state index >= 15 is 0 Å². The van der Waals surface area contributed by atoms with Crippen LogP contribution in [0.15, 0.2) is 41.3 Å². The van der Waals surface area contributed by atoms with E-state index in [1.165, 1.54) is 6.07 Å². The second kappa shape index (κ2) is 7.09. The minimum Gasteiger partial charge on any atom is -0.480 e. The van der Waals surface area contributed by atoms with Crippen molar-refractivity contribution in [2.75, 3.05) is 0 Å². The molecule has 0 saturated heterocycles. The van der Waals surface area contributed by atoms with E-state index in [1.807, 2.05) is 13.8 Å². The molecule has 2 rings (SSSR count). The van der Waals surface area contributed by atoms with Gasteiger partial charge in [0.15, 0.2) is 5.43 Å². The highest BCUT2D eigenvalue weighted by Crippen LogP contribution is 2.10. The van der Waals surface area contributed by atoms with Crippen LogP contribution in [0.2, 0.25) is 0 Å². The van der Waals surface area contributed by atoms with Crippen LogP contribution in [0.25, 0.3) is 10.9 Å². The first-order chi connectivity index (χ1) is 10.9. The maximum absolute atomic E-state index is 12.2. The molecule has 1 aromatic heterocycles. The first kappa shape index (κ1) is 16.7. The van der Waals surface area contributed by atoms with Gasteiger partial charge in [0.25, 0.3) is 0 Å². The second-order valence-corrected chi connectivity index (χ2v) is 5.91. The number of carboxylic acid groups (broad SMARTS) is 1. The number of aromatic nitrogens is 1. The van der Waals surface area contributed by atoms with Crippen molar-refractivity contribution in [3.05, 3.63) is 46.8 Å². The van der Waals surface area contributed by atoms with E-state index in [2.05, 4.69) is 5.32 Å². The van der Waals surface area contributed by atoms with E-state index in [-0.39, 0.29) is 17.9 Å². The molecule has 1 heterocycles. The number of carbonyl (C=O) groups excluding carboxylic acids is 1. The standard InChI is InChI=1S/C17H20N2O4/c1-11(2)9-13(17(22)23)18-16(21)10-19-8-7-15(20)12-5-3-4-6-14(12)19/h3-8,11,13H,9-10H2,1-2H3,(H,18,21)(H,22,23)/t13-/m0/s1. The van der Waals surface area contributed by atoms with Gasteiger partial charge in [0, 0.05) is 17.6 Å². The monoisotopic (exact) mass is 316 g/mol. The van der Waals surface area contributed by atoms with Crippen molar-refractivity contribution < 1.29 is 14.7 Å². The highest BCUT2D eigenvalue weighted by Gasteiger charge is 2.21. The van der Waals surface area contributed by atoms with Crippen LogP contribution in [-0.4, -0.2) is 27.6 Å². The van der Waals surface area contributed by atoms with Gasteiger partial charge in [-0.1, -0.05) is 26.0 Å². The molecule has 2 aromatic rings. The molecule has 23 heavy (non-hydrogen) atoms. The zero-order chi connectivity index (χ0) is 17.0. The lowest BCUT2D eigenvalue weighted by atomic mass is 10.0. The number of aliphatic carboxylic acids is 1. The molecule has 1 atom stereocenters. The zero-order valence-electron chi connectivity index (χ0n) is 13.2. The smallest absolute Gasteiger partial charge is 0.326 e. The highest BCUT2D eigenvalue weighted by molar-refractivity contribution is 5.85. The van der Waals surface area contributed by atoms with Crippen LogP contribution in [0, 0.1) is 5.92 Å². The van der Waals surface area contributed by atoms with Gasteiger partial charge in [0.2, 0.25) is 5.91 Å². The normalized spacial score (nSPS) is 12.3. The number of rotatable bonds is 6. The fourth-order valence-electron chi connectivity index (χ4n) is 2.49. The molecule has 0 bridgehead atoms. The van der Waals surface area contributed by atoms with Crippen molar-refractivity contribution >= 4 is 22.8 Å². The Bertz CT molecular complexity index is 780. The number of carbonyl (C=O) groups is 2. The van der Waals surface area contributed by atoms with Crippen LogP contribution >= 0.6 is 0 Å². The van der Waals surface area contributed by atoms with E-state index in [0.717, 1.165) is 0 Å². The summed E-state index contributed by atoms with van der Waals surface area (Å²) >= 11 is 0. The molecule has 1 amide bonds. The Kier molecular flexibility index (Phi) is 5.16.